The molecule has 2 aromatic heterocycles. The van der Waals surface area contributed by atoms with E-state index < -0.39 is 24.8 Å². The van der Waals surface area contributed by atoms with Crippen LogP contribution in [0.25, 0.3) is 0 Å². The van der Waals surface area contributed by atoms with E-state index in [-0.39, 0.29) is 19.6 Å². The fourth-order valence-corrected chi connectivity index (χ4v) is 4.02. The number of aromatic nitrogens is 3. The van der Waals surface area contributed by atoms with Crippen molar-refractivity contribution < 1.29 is 27.8 Å². The normalized spacial score (nSPS) is 12.5. The average molecular weight is 591 g/mol. The Balaban J connectivity index is 1.92. The molecule has 0 aliphatic heterocycles. The van der Waals surface area contributed by atoms with Crippen LogP contribution in [0.4, 0.5) is 24.8 Å². The lowest BCUT2D eigenvalue weighted by molar-refractivity contribution is -0.174. The standard InChI is InChI=1S/C24H34BrF3N6O3/c1-3-17-7-8-18(32-21(17)29-2)6-4-5-10-34(12-13-37-15-24(26,27)28)11-9-20(23(35)36)33-22-19(25)14-30-16-31-22/h7-8,14,16,20H,3-6,9-13,15H2,1-2H3,(H,29,32)(H,35,36)(H,30,31,33). The number of aliphatic carboxylic acids is 1. The first-order chi connectivity index (χ1) is 17.6. The minimum atomic E-state index is -4.39. The van der Waals surface area contributed by atoms with Crippen LogP contribution in [-0.2, 0) is 22.4 Å². The summed E-state index contributed by atoms with van der Waals surface area (Å²) in [7, 11) is 1.84. The average Bonchev–Trinajstić information content (AvgIpc) is 2.86. The van der Waals surface area contributed by atoms with E-state index in [9.17, 15) is 23.1 Å². The molecule has 2 rings (SSSR count). The Labute approximate surface area is 223 Å². The van der Waals surface area contributed by atoms with Crippen LogP contribution in [-0.4, -0.2) is 83.0 Å². The quantitative estimate of drug-likeness (QED) is 0.231. The SMILES string of the molecule is CCc1ccc(CCCCN(CCOCC(F)(F)F)CCC(Nc2ncncc2Br)C(=O)O)nc1NC. The van der Waals surface area contributed by atoms with Gasteiger partial charge < -0.3 is 25.4 Å². The zero-order valence-corrected chi connectivity index (χ0v) is 22.6. The van der Waals surface area contributed by atoms with Gasteiger partial charge in [-0.1, -0.05) is 13.0 Å². The van der Waals surface area contributed by atoms with Gasteiger partial charge in [0, 0.05) is 32.0 Å². The number of hydrogen-bond donors (Lipinski definition) is 3. The van der Waals surface area contributed by atoms with Crippen LogP contribution in [0, 0.1) is 0 Å². The minimum absolute atomic E-state index is 0.103. The molecule has 0 fully saturated rings. The molecule has 0 spiro atoms. The number of pyridine rings is 1. The molecule has 0 bridgehead atoms. The van der Waals surface area contributed by atoms with Crippen LogP contribution in [0.5, 0.6) is 0 Å². The van der Waals surface area contributed by atoms with E-state index in [4.69, 9.17) is 4.74 Å². The summed E-state index contributed by atoms with van der Waals surface area (Å²) >= 11 is 3.28. The van der Waals surface area contributed by atoms with Crippen molar-refractivity contribution in [3.8, 4) is 0 Å². The third-order valence-corrected chi connectivity index (χ3v) is 6.22. The highest BCUT2D eigenvalue weighted by Gasteiger charge is 2.27. The molecule has 13 heteroatoms. The third-order valence-electron chi connectivity index (χ3n) is 5.64. The molecule has 0 aromatic carbocycles. The van der Waals surface area contributed by atoms with Gasteiger partial charge in [-0.2, -0.15) is 13.2 Å². The molecule has 0 radical (unpaired) electrons. The number of halogens is 4. The van der Waals surface area contributed by atoms with Gasteiger partial charge in [-0.3, -0.25) is 0 Å². The number of carboxylic acids is 1. The minimum Gasteiger partial charge on any atom is -0.480 e. The summed E-state index contributed by atoms with van der Waals surface area (Å²) in [6.45, 7) is 1.86. The molecule has 1 unspecified atom stereocenters. The monoisotopic (exact) mass is 590 g/mol. The molecule has 206 valence electrons. The first-order valence-electron chi connectivity index (χ1n) is 12.1. The molecular formula is C24H34BrF3N6O3. The number of carboxylic acid groups (broad SMARTS) is 1. The van der Waals surface area contributed by atoms with E-state index in [2.05, 4.69) is 54.5 Å². The molecule has 0 aliphatic rings. The van der Waals surface area contributed by atoms with Crippen LogP contribution < -0.4 is 10.6 Å². The Kier molecular flexibility index (Phi) is 13.0. The zero-order valence-electron chi connectivity index (χ0n) is 21.0. The Morgan fingerprint density at radius 1 is 1.22 bits per heavy atom. The lowest BCUT2D eigenvalue weighted by atomic mass is 10.1. The second kappa shape index (κ2) is 15.7. The van der Waals surface area contributed by atoms with E-state index in [1.807, 2.05) is 18.0 Å². The van der Waals surface area contributed by atoms with Crippen LogP contribution in [0.1, 0.15) is 37.4 Å². The van der Waals surface area contributed by atoms with Crippen LogP contribution in [0.15, 0.2) is 29.1 Å². The summed E-state index contributed by atoms with van der Waals surface area (Å²) in [6, 6.07) is 3.13. The fraction of sp³-hybridized carbons (Fsp3) is 0.583. The predicted octanol–water partition coefficient (Wildman–Crippen LogP) is 4.40. The number of unbranched alkanes of at least 4 members (excludes halogenated alkanes) is 1. The van der Waals surface area contributed by atoms with Crippen LogP contribution in [0.2, 0.25) is 0 Å². The van der Waals surface area contributed by atoms with Gasteiger partial charge in [0.25, 0.3) is 0 Å². The second-order valence-electron chi connectivity index (χ2n) is 8.42. The number of ether oxygens (including phenoxy) is 1. The topological polar surface area (TPSA) is 112 Å². The molecule has 2 aromatic rings. The number of rotatable bonds is 17. The Hall–Kier alpha value is -2.51. The summed E-state index contributed by atoms with van der Waals surface area (Å²) in [4.78, 5) is 26.3. The third kappa shape index (κ3) is 11.6. The molecule has 0 aliphatic carbocycles. The number of anilines is 2. The summed E-state index contributed by atoms with van der Waals surface area (Å²) in [6.07, 6.45) is 1.89. The highest BCUT2D eigenvalue weighted by atomic mass is 79.9. The lowest BCUT2D eigenvalue weighted by Gasteiger charge is -2.25. The van der Waals surface area contributed by atoms with Gasteiger partial charge >= 0.3 is 12.1 Å². The number of nitrogens with zero attached hydrogens (tertiary/aromatic N) is 4. The summed E-state index contributed by atoms with van der Waals surface area (Å²) < 4.78 is 42.6. The Bertz CT molecular complexity index is 983. The van der Waals surface area contributed by atoms with E-state index in [1.165, 1.54) is 12.5 Å². The maximum absolute atomic E-state index is 12.4. The van der Waals surface area contributed by atoms with Crippen molar-refractivity contribution in [2.45, 2.75) is 51.2 Å². The number of aryl methyl sites for hydroxylation is 2. The predicted molar refractivity (Wildman–Crippen MR) is 139 cm³/mol. The molecule has 3 N–H and O–H groups in total. The van der Waals surface area contributed by atoms with Gasteiger partial charge in [-0.05, 0) is 66.2 Å². The van der Waals surface area contributed by atoms with E-state index in [0.717, 1.165) is 42.8 Å². The number of alkyl halides is 3. The molecule has 9 nitrogen and oxygen atoms in total. The van der Waals surface area contributed by atoms with E-state index in [1.54, 1.807) is 0 Å². The van der Waals surface area contributed by atoms with Gasteiger partial charge in [-0.15, -0.1) is 0 Å². The number of nitrogens with one attached hydrogen (secondary N) is 2. The first kappa shape index (κ1) is 30.7. The maximum atomic E-state index is 12.4. The van der Waals surface area contributed by atoms with Crippen LogP contribution >= 0.6 is 15.9 Å². The van der Waals surface area contributed by atoms with Crippen molar-refractivity contribution in [1.82, 2.24) is 19.9 Å². The molecule has 0 amide bonds. The molecular weight excluding hydrogens is 557 g/mol. The van der Waals surface area contributed by atoms with E-state index >= 15 is 0 Å². The highest BCUT2D eigenvalue weighted by molar-refractivity contribution is 9.10. The molecule has 0 saturated carbocycles. The van der Waals surface area contributed by atoms with Gasteiger partial charge in [-0.25, -0.2) is 19.7 Å². The van der Waals surface area contributed by atoms with E-state index in [0.29, 0.717) is 23.4 Å². The summed E-state index contributed by atoms with van der Waals surface area (Å²) in [5.74, 6) is 0.164. The van der Waals surface area contributed by atoms with Gasteiger partial charge in [0.1, 0.15) is 30.6 Å². The number of hydrogen-bond acceptors (Lipinski definition) is 8. The Morgan fingerprint density at radius 3 is 2.65 bits per heavy atom. The van der Waals surface area contributed by atoms with Crippen molar-refractivity contribution in [1.29, 1.82) is 0 Å². The maximum Gasteiger partial charge on any atom is 0.411 e. The van der Waals surface area contributed by atoms with Gasteiger partial charge in [0.05, 0.1) is 11.1 Å². The van der Waals surface area contributed by atoms with Crippen molar-refractivity contribution in [3.05, 3.63) is 40.4 Å². The smallest absolute Gasteiger partial charge is 0.411 e. The number of carbonyl (C=O) groups is 1. The highest BCUT2D eigenvalue weighted by Crippen LogP contribution is 2.19. The fourth-order valence-electron chi connectivity index (χ4n) is 3.68. The summed E-state index contributed by atoms with van der Waals surface area (Å²) in [5.41, 5.74) is 2.11. The Morgan fingerprint density at radius 2 is 2.00 bits per heavy atom. The van der Waals surface area contributed by atoms with Crippen molar-refractivity contribution in [2.24, 2.45) is 0 Å². The summed E-state index contributed by atoms with van der Waals surface area (Å²) in [5, 5.41) is 15.7. The van der Waals surface area contributed by atoms with Crippen molar-refractivity contribution in [3.63, 3.8) is 0 Å². The molecule has 1 atom stereocenters. The largest absolute Gasteiger partial charge is 0.480 e. The molecule has 37 heavy (non-hydrogen) atoms. The molecule has 2 heterocycles. The van der Waals surface area contributed by atoms with Crippen LogP contribution in [0.3, 0.4) is 0 Å². The first-order valence-corrected chi connectivity index (χ1v) is 12.9. The molecule has 0 saturated heterocycles. The zero-order chi connectivity index (χ0) is 27.3. The van der Waals surface area contributed by atoms with Gasteiger partial charge in [0.15, 0.2) is 0 Å². The second-order valence-corrected chi connectivity index (χ2v) is 9.28. The van der Waals surface area contributed by atoms with Crippen molar-refractivity contribution in [2.75, 3.05) is 50.5 Å². The van der Waals surface area contributed by atoms with Gasteiger partial charge in [0.2, 0.25) is 0 Å². The lowest BCUT2D eigenvalue weighted by Crippen LogP contribution is -2.37. The van der Waals surface area contributed by atoms with Crippen molar-refractivity contribution >= 4 is 33.5 Å².